The van der Waals surface area contributed by atoms with E-state index in [1.54, 1.807) is 6.08 Å². The van der Waals surface area contributed by atoms with Crippen LogP contribution >= 0.6 is 0 Å². The molecule has 1 unspecified atom stereocenters. The molecule has 0 fully saturated rings. The van der Waals surface area contributed by atoms with Gasteiger partial charge in [-0.1, -0.05) is 25.6 Å². The third kappa shape index (κ3) is 4.41. The summed E-state index contributed by atoms with van der Waals surface area (Å²) in [5.74, 6) is 1.53. The first-order valence-corrected chi connectivity index (χ1v) is 6.46. The van der Waals surface area contributed by atoms with Gasteiger partial charge in [0, 0.05) is 6.04 Å². The van der Waals surface area contributed by atoms with E-state index in [1.165, 1.54) is 5.56 Å². The van der Waals surface area contributed by atoms with Crippen molar-refractivity contribution in [2.24, 2.45) is 5.73 Å². The summed E-state index contributed by atoms with van der Waals surface area (Å²) in [4.78, 5) is 0. The van der Waals surface area contributed by atoms with E-state index in [4.69, 9.17) is 15.2 Å². The molecule has 0 saturated heterocycles. The highest BCUT2D eigenvalue weighted by Crippen LogP contribution is 2.29. The molecule has 3 heteroatoms. The number of hydrogen-bond donors (Lipinski definition) is 1. The van der Waals surface area contributed by atoms with E-state index in [1.807, 2.05) is 25.1 Å². The standard InChI is InChI=1S/C15H23NO2/c1-4-9-18-14-8-7-12(10-13(16)5-2)11-15(14)17-6-3/h4,7-8,11,13H,1,5-6,9-10,16H2,2-3H3. The minimum absolute atomic E-state index is 0.194. The van der Waals surface area contributed by atoms with E-state index >= 15 is 0 Å². The molecule has 0 bridgehead atoms. The molecule has 0 aliphatic heterocycles. The van der Waals surface area contributed by atoms with Crippen LogP contribution in [0.3, 0.4) is 0 Å². The van der Waals surface area contributed by atoms with Crippen molar-refractivity contribution in [2.45, 2.75) is 32.7 Å². The summed E-state index contributed by atoms with van der Waals surface area (Å²) in [5, 5.41) is 0. The summed E-state index contributed by atoms with van der Waals surface area (Å²) in [7, 11) is 0. The quantitative estimate of drug-likeness (QED) is 0.720. The van der Waals surface area contributed by atoms with Crippen molar-refractivity contribution in [2.75, 3.05) is 13.2 Å². The number of rotatable bonds is 8. The second-order valence-corrected chi connectivity index (χ2v) is 4.19. The van der Waals surface area contributed by atoms with E-state index in [0.717, 1.165) is 24.3 Å². The van der Waals surface area contributed by atoms with Gasteiger partial charge in [0.15, 0.2) is 11.5 Å². The highest BCUT2D eigenvalue weighted by molar-refractivity contribution is 5.43. The molecular formula is C15H23NO2. The van der Waals surface area contributed by atoms with Crippen LogP contribution in [0.2, 0.25) is 0 Å². The van der Waals surface area contributed by atoms with Gasteiger partial charge in [-0.2, -0.15) is 0 Å². The number of benzene rings is 1. The Morgan fingerprint density at radius 1 is 1.28 bits per heavy atom. The fourth-order valence-corrected chi connectivity index (χ4v) is 1.66. The van der Waals surface area contributed by atoms with Crippen molar-refractivity contribution in [1.82, 2.24) is 0 Å². The van der Waals surface area contributed by atoms with E-state index in [9.17, 15) is 0 Å². The average Bonchev–Trinajstić information content (AvgIpc) is 2.38. The summed E-state index contributed by atoms with van der Waals surface area (Å²) in [5.41, 5.74) is 7.14. The molecule has 1 aromatic carbocycles. The van der Waals surface area contributed by atoms with Gasteiger partial charge in [0.05, 0.1) is 6.61 Å². The Bertz CT molecular complexity index is 377. The number of hydrogen-bond acceptors (Lipinski definition) is 3. The molecule has 0 aromatic heterocycles. The van der Waals surface area contributed by atoms with Crippen molar-refractivity contribution in [3.05, 3.63) is 36.4 Å². The molecular weight excluding hydrogens is 226 g/mol. The molecule has 1 rings (SSSR count). The Labute approximate surface area is 110 Å². The number of nitrogens with two attached hydrogens (primary N) is 1. The highest BCUT2D eigenvalue weighted by atomic mass is 16.5. The van der Waals surface area contributed by atoms with E-state index in [2.05, 4.69) is 13.5 Å². The van der Waals surface area contributed by atoms with Gasteiger partial charge in [-0.25, -0.2) is 0 Å². The Balaban J connectivity index is 2.84. The molecule has 1 atom stereocenters. The zero-order valence-corrected chi connectivity index (χ0v) is 11.3. The summed E-state index contributed by atoms with van der Waals surface area (Å²) in [6.45, 7) is 8.79. The fourth-order valence-electron chi connectivity index (χ4n) is 1.66. The van der Waals surface area contributed by atoms with Gasteiger partial charge in [0.2, 0.25) is 0 Å². The first-order chi connectivity index (χ1) is 8.71. The van der Waals surface area contributed by atoms with Crippen LogP contribution in [0, 0.1) is 0 Å². The van der Waals surface area contributed by atoms with Gasteiger partial charge < -0.3 is 15.2 Å². The molecule has 100 valence electrons. The van der Waals surface area contributed by atoms with Crippen molar-refractivity contribution in [3.8, 4) is 11.5 Å². The van der Waals surface area contributed by atoms with Gasteiger partial charge >= 0.3 is 0 Å². The first-order valence-electron chi connectivity index (χ1n) is 6.46. The van der Waals surface area contributed by atoms with E-state index in [-0.39, 0.29) is 6.04 Å². The van der Waals surface area contributed by atoms with Crippen molar-refractivity contribution >= 4 is 0 Å². The van der Waals surface area contributed by atoms with Gasteiger partial charge in [0.1, 0.15) is 6.61 Å². The largest absolute Gasteiger partial charge is 0.490 e. The maximum atomic E-state index is 5.96. The van der Waals surface area contributed by atoms with Crippen LogP contribution in [-0.2, 0) is 6.42 Å². The average molecular weight is 249 g/mol. The van der Waals surface area contributed by atoms with E-state index < -0.39 is 0 Å². The summed E-state index contributed by atoms with van der Waals surface area (Å²) < 4.78 is 11.1. The predicted octanol–water partition coefficient (Wildman–Crippen LogP) is 2.93. The Hall–Kier alpha value is -1.48. The molecule has 0 spiro atoms. The minimum atomic E-state index is 0.194. The maximum absolute atomic E-state index is 5.96. The van der Waals surface area contributed by atoms with Crippen LogP contribution in [0.15, 0.2) is 30.9 Å². The van der Waals surface area contributed by atoms with Gasteiger partial charge in [0.25, 0.3) is 0 Å². The Morgan fingerprint density at radius 2 is 2.06 bits per heavy atom. The third-order valence-electron chi connectivity index (χ3n) is 2.69. The molecule has 0 aliphatic rings. The second kappa shape index (κ2) is 7.77. The molecule has 0 radical (unpaired) electrons. The zero-order valence-electron chi connectivity index (χ0n) is 11.3. The smallest absolute Gasteiger partial charge is 0.161 e. The summed E-state index contributed by atoms with van der Waals surface area (Å²) in [6, 6.07) is 6.18. The van der Waals surface area contributed by atoms with Gasteiger partial charge in [-0.3, -0.25) is 0 Å². The Morgan fingerprint density at radius 3 is 2.67 bits per heavy atom. The van der Waals surface area contributed by atoms with Crippen LogP contribution in [0.25, 0.3) is 0 Å². The molecule has 0 saturated carbocycles. The molecule has 18 heavy (non-hydrogen) atoms. The molecule has 2 N–H and O–H groups in total. The topological polar surface area (TPSA) is 44.5 Å². The van der Waals surface area contributed by atoms with Crippen LogP contribution in [0.1, 0.15) is 25.8 Å². The van der Waals surface area contributed by atoms with E-state index in [0.29, 0.717) is 13.2 Å². The number of ether oxygens (including phenoxy) is 2. The monoisotopic (exact) mass is 249 g/mol. The maximum Gasteiger partial charge on any atom is 0.161 e. The molecule has 3 nitrogen and oxygen atoms in total. The third-order valence-corrected chi connectivity index (χ3v) is 2.69. The normalized spacial score (nSPS) is 11.9. The molecule has 0 amide bonds. The lowest BCUT2D eigenvalue weighted by atomic mass is 10.0. The van der Waals surface area contributed by atoms with Crippen LogP contribution in [0.5, 0.6) is 11.5 Å². The summed E-state index contributed by atoms with van der Waals surface area (Å²) in [6.07, 6.45) is 3.55. The minimum Gasteiger partial charge on any atom is -0.490 e. The van der Waals surface area contributed by atoms with Crippen LogP contribution in [-0.4, -0.2) is 19.3 Å². The predicted molar refractivity (Wildman–Crippen MR) is 75.3 cm³/mol. The lowest BCUT2D eigenvalue weighted by Gasteiger charge is -2.14. The lowest BCUT2D eigenvalue weighted by Crippen LogP contribution is -2.21. The van der Waals surface area contributed by atoms with Crippen molar-refractivity contribution < 1.29 is 9.47 Å². The van der Waals surface area contributed by atoms with Crippen molar-refractivity contribution in [3.63, 3.8) is 0 Å². The lowest BCUT2D eigenvalue weighted by molar-refractivity contribution is 0.296. The second-order valence-electron chi connectivity index (χ2n) is 4.19. The van der Waals surface area contributed by atoms with Crippen LogP contribution in [0.4, 0.5) is 0 Å². The zero-order chi connectivity index (χ0) is 13.4. The molecule has 0 heterocycles. The Kier molecular flexibility index (Phi) is 6.29. The molecule has 1 aromatic rings. The van der Waals surface area contributed by atoms with Gasteiger partial charge in [-0.05, 0) is 37.5 Å². The van der Waals surface area contributed by atoms with Crippen molar-refractivity contribution in [1.29, 1.82) is 0 Å². The first kappa shape index (κ1) is 14.6. The SMILES string of the molecule is C=CCOc1ccc(CC(N)CC)cc1OCC. The highest BCUT2D eigenvalue weighted by Gasteiger charge is 2.08. The summed E-state index contributed by atoms with van der Waals surface area (Å²) >= 11 is 0. The fraction of sp³-hybridized carbons (Fsp3) is 0.467. The van der Waals surface area contributed by atoms with Gasteiger partial charge in [-0.15, -0.1) is 0 Å². The van der Waals surface area contributed by atoms with Crippen LogP contribution < -0.4 is 15.2 Å². The molecule has 0 aliphatic carbocycles.